The Hall–Kier alpha value is -0.120. The Morgan fingerprint density at radius 1 is 1.13 bits per heavy atom. The van der Waals surface area contributed by atoms with Crippen molar-refractivity contribution < 1.29 is 9.47 Å². The van der Waals surface area contributed by atoms with Gasteiger partial charge in [0.15, 0.2) is 6.29 Å². The van der Waals surface area contributed by atoms with E-state index in [1.807, 2.05) is 0 Å². The van der Waals surface area contributed by atoms with Crippen LogP contribution in [0.4, 0.5) is 0 Å². The summed E-state index contributed by atoms with van der Waals surface area (Å²) < 4.78 is 11.1. The topological polar surface area (TPSA) is 21.7 Å². The Balaban J connectivity index is 1.38. The van der Waals surface area contributed by atoms with E-state index in [0.29, 0.717) is 0 Å². The molecule has 3 aliphatic rings. The lowest BCUT2D eigenvalue weighted by atomic mass is 10.1. The van der Waals surface area contributed by atoms with E-state index in [-0.39, 0.29) is 6.29 Å². The second-order valence-corrected chi connectivity index (χ2v) is 5.34. The zero-order valence-corrected chi connectivity index (χ0v) is 9.41. The van der Waals surface area contributed by atoms with Crippen molar-refractivity contribution in [2.45, 2.75) is 38.4 Å². The van der Waals surface area contributed by atoms with Crippen LogP contribution in [-0.2, 0) is 9.47 Å². The second kappa shape index (κ2) is 4.04. The van der Waals surface area contributed by atoms with E-state index in [1.54, 1.807) is 0 Å². The molecule has 0 radical (unpaired) electrons. The molecule has 3 heteroatoms. The van der Waals surface area contributed by atoms with Crippen LogP contribution < -0.4 is 0 Å². The number of ether oxygens (including phenoxy) is 2. The summed E-state index contributed by atoms with van der Waals surface area (Å²) in [6, 6.07) is 0. The summed E-state index contributed by atoms with van der Waals surface area (Å²) in [5, 5.41) is 0. The number of rotatable bonds is 3. The average Bonchev–Trinajstić information content (AvgIpc) is 2.90. The van der Waals surface area contributed by atoms with Gasteiger partial charge in [0.05, 0.1) is 13.2 Å². The first-order valence-electron chi connectivity index (χ1n) is 6.32. The first kappa shape index (κ1) is 10.1. The van der Waals surface area contributed by atoms with E-state index in [9.17, 15) is 0 Å². The number of hydrogen-bond acceptors (Lipinski definition) is 3. The minimum Gasteiger partial charge on any atom is -0.353 e. The van der Waals surface area contributed by atoms with Crippen molar-refractivity contribution in [1.82, 2.24) is 4.90 Å². The van der Waals surface area contributed by atoms with E-state index in [4.69, 9.17) is 9.47 Å². The monoisotopic (exact) mass is 211 g/mol. The van der Waals surface area contributed by atoms with Gasteiger partial charge >= 0.3 is 0 Å². The van der Waals surface area contributed by atoms with Crippen molar-refractivity contribution in [3.8, 4) is 0 Å². The Labute approximate surface area is 91.7 Å². The second-order valence-electron chi connectivity index (χ2n) is 5.34. The zero-order chi connectivity index (χ0) is 10.1. The normalized spacial score (nSPS) is 31.2. The Morgan fingerprint density at radius 2 is 1.93 bits per heavy atom. The molecule has 3 nitrogen and oxygen atoms in total. The van der Waals surface area contributed by atoms with Gasteiger partial charge in [-0.2, -0.15) is 0 Å². The smallest absolute Gasteiger partial charge is 0.158 e. The average molecular weight is 211 g/mol. The van der Waals surface area contributed by atoms with Crippen molar-refractivity contribution in [2.75, 3.05) is 32.8 Å². The first-order chi connectivity index (χ1) is 7.36. The number of nitrogens with zero attached hydrogens (tertiary/aromatic N) is 1. The van der Waals surface area contributed by atoms with Crippen molar-refractivity contribution >= 4 is 0 Å². The van der Waals surface area contributed by atoms with Crippen LogP contribution >= 0.6 is 0 Å². The third-order valence-electron chi connectivity index (χ3n) is 4.05. The summed E-state index contributed by atoms with van der Waals surface area (Å²) in [6.45, 7) is 5.56. The molecule has 2 heterocycles. The lowest BCUT2D eigenvalue weighted by Crippen LogP contribution is -2.30. The Morgan fingerprint density at radius 3 is 2.60 bits per heavy atom. The summed E-state index contributed by atoms with van der Waals surface area (Å²) in [5.41, 5.74) is 0.758. The van der Waals surface area contributed by atoms with E-state index in [2.05, 4.69) is 4.90 Å². The summed E-state index contributed by atoms with van der Waals surface area (Å²) in [5.74, 6) is 0. The van der Waals surface area contributed by atoms with Gasteiger partial charge in [-0.1, -0.05) is 0 Å². The molecule has 2 saturated heterocycles. The first-order valence-corrected chi connectivity index (χ1v) is 6.32. The molecule has 3 fully saturated rings. The predicted octanol–water partition coefficient (Wildman–Crippen LogP) is 1.63. The number of hydrogen-bond donors (Lipinski definition) is 0. The standard InChI is InChI=1S/C12H21NO2/c1-8-14-11(15-9-1)2-6-13-7-5-12(10-13)3-4-12/h11H,1-10H2. The van der Waals surface area contributed by atoms with Crippen molar-refractivity contribution in [2.24, 2.45) is 5.41 Å². The molecule has 0 aromatic carbocycles. The van der Waals surface area contributed by atoms with Gasteiger partial charge in [0, 0.05) is 19.5 Å². The van der Waals surface area contributed by atoms with E-state index in [0.717, 1.165) is 38.0 Å². The molecule has 2 aliphatic heterocycles. The van der Waals surface area contributed by atoms with Crippen LogP contribution in [0.2, 0.25) is 0 Å². The van der Waals surface area contributed by atoms with Gasteiger partial charge in [-0.05, 0) is 37.6 Å². The zero-order valence-electron chi connectivity index (χ0n) is 9.41. The van der Waals surface area contributed by atoms with Gasteiger partial charge in [0.25, 0.3) is 0 Å². The van der Waals surface area contributed by atoms with E-state index >= 15 is 0 Å². The number of likely N-dealkylation sites (tertiary alicyclic amines) is 1. The summed E-state index contributed by atoms with van der Waals surface area (Å²) in [4.78, 5) is 2.59. The van der Waals surface area contributed by atoms with Crippen LogP contribution in [0.5, 0.6) is 0 Å². The molecule has 0 bridgehead atoms. The van der Waals surface area contributed by atoms with Crippen molar-refractivity contribution in [1.29, 1.82) is 0 Å². The lowest BCUT2D eigenvalue weighted by Gasteiger charge is -2.25. The fraction of sp³-hybridized carbons (Fsp3) is 1.00. The highest BCUT2D eigenvalue weighted by Crippen LogP contribution is 2.52. The highest BCUT2D eigenvalue weighted by molar-refractivity contribution is 5.00. The van der Waals surface area contributed by atoms with E-state index < -0.39 is 0 Å². The maximum absolute atomic E-state index is 5.56. The maximum Gasteiger partial charge on any atom is 0.158 e. The summed E-state index contributed by atoms with van der Waals surface area (Å²) >= 11 is 0. The SMILES string of the molecule is C1COC(CCN2CCC3(CC3)C2)OC1. The third-order valence-corrected chi connectivity index (χ3v) is 4.05. The highest BCUT2D eigenvalue weighted by atomic mass is 16.7. The van der Waals surface area contributed by atoms with Crippen molar-refractivity contribution in [3.05, 3.63) is 0 Å². The van der Waals surface area contributed by atoms with Gasteiger partial charge < -0.3 is 14.4 Å². The van der Waals surface area contributed by atoms with Crippen LogP contribution in [0.1, 0.15) is 32.1 Å². The van der Waals surface area contributed by atoms with Gasteiger partial charge in [-0.25, -0.2) is 0 Å². The summed E-state index contributed by atoms with van der Waals surface area (Å²) in [6.07, 6.45) is 6.56. The van der Waals surface area contributed by atoms with Crippen LogP contribution in [0.3, 0.4) is 0 Å². The van der Waals surface area contributed by atoms with Gasteiger partial charge in [0.2, 0.25) is 0 Å². The fourth-order valence-corrected chi connectivity index (χ4v) is 2.79. The molecule has 0 aromatic rings. The van der Waals surface area contributed by atoms with Crippen LogP contribution in [0.15, 0.2) is 0 Å². The molecule has 0 unspecified atom stereocenters. The minimum absolute atomic E-state index is 0.0782. The molecular weight excluding hydrogens is 190 g/mol. The molecule has 1 saturated carbocycles. The predicted molar refractivity (Wildman–Crippen MR) is 57.7 cm³/mol. The molecule has 0 aromatic heterocycles. The molecule has 15 heavy (non-hydrogen) atoms. The van der Waals surface area contributed by atoms with Crippen LogP contribution in [0, 0.1) is 5.41 Å². The Kier molecular flexibility index (Phi) is 2.71. The van der Waals surface area contributed by atoms with Gasteiger partial charge in [0.1, 0.15) is 0 Å². The molecule has 0 atom stereocenters. The third kappa shape index (κ3) is 2.35. The molecule has 1 aliphatic carbocycles. The van der Waals surface area contributed by atoms with Crippen LogP contribution in [-0.4, -0.2) is 44.0 Å². The molecule has 3 rings (SSSR count). The lowest BCUT2D eigenvalue weighted by molar-refractivity contribution is -0.182. The highest BCUT2D eigenvalue weighted by Gasteiger charge is 2.47. The minimum atomic E-state index is 0.0782. The molecule has 0 N–H and O–H groups in total. The summed E-state index contributed by atoms with van der Waals surface area (Å²) in [7, 11) is 0. The quantitative estimate of drug-likeness (QED) is 0.708. The largest absolute Gasteiger partial charge is 0.353 e. The molecular formula is C12H21NO2. The van der Waals surface area contributed by atoms with E-state index in [1.165, 1.54) is 32.4 Å². The van der Waals surface area contributed by atoms with Crippen LogP contribution in [0.25, 0.3) is 0 Å². The van der Waals surface area contributed by atoms with Crippen molar-refractivity contribution in [3.63, 3.8) is 0 Å². The molecule has 0 amide bonds. The van der Waals surface area contributed by atoms with Gasteiger partial charge in [-0.3, -0.25) is 0 Å². The van der Waals surface area contributed by atoms with Gasteiger partial charge in [-0.15, -0.1) is 0 Å². The maximum atomic E-state index is 5.56. The molecule has 1 spiro atoms. The fourth-order valence-electron chi connectivity index (χ4n) is 2.79. The Bertz CT molecular complexity index is 222. The molecule has 86 valence electrons.